The van der Waals surface area contributed by atoms with Gasteiger partial charge in [0.25, 0.3) is 5.91 Å². The molecule has 0 aliphatic rings. The highest BCUT2D eigenvalue weighted by atomic mass is 32.2. The van der Waals surface area contributed by atoms with Crippen LogP contribution in [0.4, 0.5) is 0 Å². The average Bonchev–Trinajstić information content (AvgIpc) is 2.79. The molecule has 0 atom stereocenters. The van der Waals surface area contributed by atoms with E-state index in [1.165, 1.54) is 24.3 Å². The number of nitrogens with one attached hydrogen (secondary N) is 2. The van der Waals surface area contributed by atoms with Crippen molar-refractivity contribution in [1.82, 2.24) is 10.1 Å². The van der Waals surface area contributed by atoms with E-state index in [0.29, 0.717) is 5.71 Å². The summed E-state index contributed by atoms with van der Waals surface area (Å²) in [6.45, 7) is -0.110. The van der Waals surface area contributed by atoms with Crippen molar-refractivity contribution in [1.29, 1.82) is 0 Å². The Bertz CT molecular complexity index is 1140. The monoisotopic (exact) mass is 417 g/mol. The summed E-state index contributed by atoms with van der Waals surface area (Å²) in [6, 6.07) is 24.5. The first kappa shape index (κ1) is 21.0. The van der Waals surface area contributed by atoms with Crippen LogP contribution in [0.15, 0.2) is 94.9 Å². The van der Waals surface area contributed by atoms with Gasteiger partial charge in [0.2, 0.25) is 10.0 Å². The summed E-state index contributed by atoms with van der Waals surface area (Å²) in [7, 11) is -3.71. The summed E-state index contributed by atoms with van der Waals surface area (Å²) in [5.74, 6) is 1.75. The van der Waals surface area contributed by atoms with E-state index in [1.54, 1.807) is 0 Å². The van der Waals surface area contributed by atoms with Crippen LogP contribution in [0, 0.1) is 12.3 Å². The van der Waals surface area contributed by atoms with E-state index in [2.05, 4.69) is 21.2 Å². The maximum absolute atomic E-state index is 12.5. The Hall–Kier alpha value is -3.73. The highest BCUT2D eigenvalue weighted by Gasteiger charge is 2.14. The second-order valence-electron chi connectivity index (χ2n) is 6.19. The minimum absolute atomic E-state index is 0.0204. The van der Waals surface area contributed by atoms with Crippen molar-refractivity contribution in [3.05, 3.63) is 102 Å². The van der Waals surface area contributed by atoms with Gasteiger partial charge in [0, 0.05) is 16.7 Å². The molecule has 150 valence electrons. The maximum Gasteiger partial charge on any atom is 0.271 e. The van der Waals surface area contributed by atoms with Gasteiger partial charge in [0.15, 0.2) is 0 Å². The molecular weight excluding hydrogens is 398 g/mol. The van der Waals surface area contributed by atoms with Gasteiger partial charge >= 0.3 is 0 Å². The summed E-state index contributed by atoms with van der Waals surface area (Å²) in [6.07, 6.45) is 5.08. The van der Waals surface area contributed by atoms with Gasteiger partial charge in [-0.2, -0.15) is 9.82 Å². The van der Waals surface area contributed by atoms with Crippen LogP contribution in [0.2, 0.25) is 0 Å². The highest BCUT2D eigenvalue weighted by molar-refractivity contribution is 7.89. The van der Waals surface area contributed by atoms with E-state index < -0.39 is 15.9 Å². The van der Waals surface area contributed by atoms with Crippen LogP contribution in [0.5, 0.6) is 0 Å². The topological polar surface area (TPSA) is 87.6 Å². The quantitative estimate of drug-likeness (QED) is 0.352. The number of amides is 1. The number of terminal acetylenes is 1. The number of sulfonamides is 1. The first-order chi connectivity index (χ1) is 14.5. The van der Waals surface area contributed by atoms with Gasteiger partial charge in [0.05, 0.1) is 17.2 Å². The van der Waals surface area contributed by atoms with E-state index in [1.807, 2.05) is 60.7 Å². The normalized spacial score (nSPS) is 10.6. The van der Waals surface area contributed by atoms with Gasteiger partial charge in [-0.3, -0.25) is 4.79 Å². The van der Waals surface area contributed by atoms with Crippen LogP contribution in [0.3, 0.4) is 0 Å². The summed E-state index contributed by atoms with van der Waals surface area (Å²) in [4.78, 5) is 12.6. The Morgan fingerprint density at radius 1 is 0.833 bits per heavy atom. The molecule has 7 heteroatoms. The molecular formula is C23H19N3O3S. The van der Waals surface area contributed by atoms with Crippen molar-refractivity contribution in [3.8, 4) is 12.3 Å². The molecule has 0 radical (unpaired) electrons. The number of hydrogen-bond donors (Lipinski definition) is 2. The number of benzene rings is 3. The van der Waals surface area contributed by atoms with Crippen LogP contribution in [0.1, 0.15) is 21.5 Å². The van der Waals surface area contributed by atoms with Gasteiger partial charge in [0.1, 0.15) is 0 Å². The Balaban J connectivity index is 1.82. The SMILES string of the molecule is C#CCNS(=O)(=O)c1ccc(C(=O)NN=C(c2ccccc2)c2ccccc2)cc1. The molecule has 0 fully saturated rings. The third kappa shape index (κ3) is 5.20. The lowest BCUT2D eigenvalue weighted by molar-refractivity contribution is 0.0955. The Kier molecular flexibility index (Phi) is 6.75. The molecule has 2 N–H and O–H groups in total. The molecule has 0 spiro atoms. The zero-order valence-corrected chi connectivity index (χ0v) is 16.8. The van der Waals surface area contributed by atoms with E-state index in [-0.39, 0.29) is 17.0 Å². The maximum atomic E-state index is 12.5. The van der Waals surface area contributed by atoms with Crippen molar-refractivity contribution < 1.29 is 13.2 Å². The molecule has 0 bridgehead atoms. The Labute approximate surface area is 175 Å². The van der Waals surface area contributed by atoms with E-state index in [9.17, 15) is 13.2 Å². The fourth-order valence-corrected chi connectivity index (χ4v) is 3.60. The highest BCUT2D eigenvalue weighted by Crippen LogP contribution is 2.12. The molecule has 6 nitrogen and oxygen atoms in total. The van der Waals surface area contributed by atoms with Crippen molar-refractivity contribution >= 4 is 21.6 Å². The minimum atomic E-state index is -3.71. The lowest BCUT2D eigenvalue weighted by atomic mass is 10.0. The van der Waals surface area contributed by atoms with Crippen molar-refractivity contribution in [2.24, 2.45) is 5.10 Å². The summed E-state index contributed by atoms with van der Waals surface area (Å²) >= 11 is 0. The minimum Gasteiger partial charge on any atom is -0.267 e. The fraction of sp³-hybridized carbons (Fsp3) is 0.0435. The molecule has 0 aliphatic carbocycles. The molecule has 0 heterocycles. The lowest BCUT2D eigenvalue weighted by Gasteiger charge is -2.08. The van der Waals surface area contributed by atoms with Crippen LogP contribution >= 0.6 is 0 Å². The Morgan fingerprint density at radius 3 is 1.87 bits per heavy atom. The molecule has 3 rings (SSSR count). The molecule has 30 heavy (non-hydrogen) atoms. The van der Waals surface area contributed by atoms with E-state index >= 15 is 0 Å². The average molecular weight is 417 g/mol. The molecule has 0 unspecified atom stereocenters. The number of carbonyl (C=O) groups is 1. The predicted octanol–water partition coefficient (Wildman–Crippen LogP) is 2.78. The number of nitrogens with zero attached hydrogens (tertiary/aromatic N) is 1. The summed E-state index contributed by atoms with van der Waals surface area (Å²) in [5, 5.41) is 4.32. The standard InChI is InChI=1S/C23H19N3O3S/c1-2-17-24-30(28,29)21-15-13-20(14-16-21)23(27)26-25-22(18-9-5-3-6-10-18)19-11-7-4-8-12-19/h1,3-16,24H,17H2,(H,26,27). The largest absolute Gasteiger partial charge is 0.271 e. The molecule has 0 aromatic heterocycles. The number of hydrazone groups is 1. The Morgan fingerprint density at radius 2 is 1.37 bits per heavy atom. The zero-order chi connectivity index (χ0) is 21.4. The summed E-state index contributed by atoms with van der Waals surface area (Å²) in [5.41, 5.74) is 5.14. The van der Waals surface area contributed by atoms with Gasteiger partial charge in [-0.1, -0.05) is 66.6 Å². The van der Waals surface area contributed by atoms with Crippen molar-refractivity contribution in [2.45, 2.75) is 4.90 Å². The number of hydrogen-bond acceptors (Lipinski definition) is 4. The fourth-order valence-electron chi connectivity index (χ4n) is 2.66. The van der Waals surface area contributed by atoms with Gasteiger partial charge in [-0.25, -0.2) is 13.8 Å². The van der Waals surface area contributed by atoms with Gasteiger partial charge in [-0.15, -0.1) is 6.42 Å². The van der Waals surface area contributed by atoms with Gasteiger partial charge in [-0.05, 0) is 24.3 Å². The molecule has 3 aromatic carbocycles. The second-order valence-corrected chi connectivity index (χ2v) is 7.95. The second kappa shape index (κ2) is 9.65. The van der Waals surface area contributed by atoms with Crippen LogP contribution in [0.25, 0.3) is 0 Å². The van der Waals surface area contributed by atoms with Crippen molar-refractivity contribution in [3.63, 3.8) is 0 Å². The first-order valence-electron chi connectivity index (χ1n) is 9.03. The van der Waals surface area contributed by atoms with E-state index in [4.69, 9.17) is 6.42 Å². The first-order valence-corrected chi connectivity index (χ1v) is 10.5. The molecule has 0 aliphatic heterocycles. The van der Waals surface area contributed by atoms with Crippen LogP contribution < -0.4 is 10.1 Å². The number of carbonyl (C=O) groups excluding carboxylic acids is 1. The summed E-state index contributed by atoms with van der Waals surface area (Å²) < 4.78 is 26.4. The number of rotatable bonds is 7. The third-order valence-electron chi connectivity index (χ3n) is 4.15. The van der Waals surface area contributed by atoms with Gasteiger partial charge < -0.3 is 0 Å². The van der Waals surface area contributed by atoms with Crippen LogP contribution in [-0.4, -0.2) is 26.6 Å². The predicted molar refractivity (Wildman–Crippen MR) is 116 cm³/mol. The molecule has 0 saturated heterocycles. The molecule has 1 amide bonds. The smallest absolute Gasteiger partial charge is 0.267 e. The molecule has 0 saturated carbocycles. The lowest BCUT2D eigenvalue weighted by Crippen LogP contribution is -2.24. The third-order valence-corrected chi connectivity index (χ3v) is 5.57. The van der Waals surface area contributed by atoms with E-state index in [0.717, 1.165) is 11.1 Å². The van der Waals surface area contributed by atoms with Crippen LogP contribution in [-0.2, 0) is 10.0 Å². The van der Waals surface area contributed by atoms with Crippen molar-refractivity contribution in [2.75, 3.05) is 6.54 Å². The zero-order valence-electron chi connectivity index (χ0n) is 15.9. The molecule has 3 aromatic rings.